The summed E-state index contributed by atoms with van der Waals surface area (Å²) >= 11 is 0. The molecule has 0 aliphatic heterocycles. The summed E-state index contributed by atoms with van der Waals surface area (Å²) in [5.41, 5.74) is 0.195. The van der Waals surface area contributed by atoms with E-state index >= 15 is 0 Å². The van der Waals surface area contributed by atoms with Gasteiger partial charge in [-0.3, -0.25) is 9.59 Å². The number of nitrogens with one attached hydrogen (secondary N) is 1. The first-order chi connectivity index (χ1) is 14.7. The van der Waals surface area contributed by atoms with Crippen LogP contribution in [0.1, 0.15) is 42.9 Å². The van der Waals surface area contributed by atoms with Crippen LogP contribution in [0.5, 0.6) is 5.75 Å². The lowest BCUT2D eigenvalue weighted by Crippen LogP contribution is -2.41. The van der Waals surface area contributed by atoms with Gasteiger partial charge in [0.2, 0.25) is 10.0 Å². The van der Waals surface area contributed by atoms with E-state index < -0.39 is 27.4 Å². The third-order valence-electron chi connectivity index (χ3n) is 5.82. The molecule has 0 unspecified atom stereocenters. The van der Waals surface area contributed by atoms with Gasteiger partial charge < -0.3 is 9.47 Å². The van der Waals surface area contributed by atoms with Crippen molar-refractivity contribution in [1.82, 2.24) is 4.72 Å². The third-order valence-corrected chi connectivity index (χ3v) is 7.30. The smallest absolute Gasteiger partial charge is 0.319 e. The number of hydrogen-bond acceptors (Lipinski definition) is 6. The molecule has 1 aliphatic carbocycles. The standard InChI is InChI=1S/C23H27NO6S/c1-16-6-12-19(13-7-16)31(27,28)24-20(17-8-10-18(29-2)11-9-17)15-23(22(26)30-3)14-4-5-21(23)25/h6-13,20,24H,4-5,14-15H2,1-3H3/t20-,23+/m1/s1. The first-order valence-corrected chi connectivity index (χ1v) is 11.5. The predicted molar refractivity (Wildman–Crippen MR) is 115 cm³/mol. The van der Waals surface area contributed by atoms with Crippen molar-refractivity contribution in [1.29, 1.82) is 0 Å². The van der Waals surface area contributed by atoms with Crippen LogP contribution in [-0.2, 0) is 24.3 Å². The molecule has 1 saturated carbocycles. The first-order valence-electron chi connectivity index (χ1n) is 10.1. The van der Waals surface area contributed by atoms with E-state index in [1.54, 1.807) is 36.4 Å². The number of ketones is 1. The van der Waals surface area contributed by atoms with Crippen LogP contribution >= 0.6 is 0 Å². The largest absolute Gasteiger partial charge is 0.497 e. The molecule has 166 valence electrons. The first kappa shape index (κ1) is 23.0. The average Bonchev–Trinajstić information content (AvgIpc) is 3.14. The number of carbonyl (C=O) groups excluding carboxylic acids is 2. The van der Waals surface area contributed by atoms with Gasteiger partial charge >= 0.3 is 5.97 Å². The van der Waals surface area contributed by atoms with E-state index in [1.165, 1.54) is 26.4 Å². The minimum atomic E-state index is -3.90. The van der Waals surface area contributed by atoms with E-state index in [0.29, 0.717) is 24.2 Å². The Morgan fingerprint density at radius 2 is 1.74 bits per heavy atom. The molecule has 1 fully saturated rings. The Morgan fingerprint density at radius 1 is 1.10 bits per heavy atom. The number of rotatable bonds is 8. The number of benzene rings is 2. The van der Waals surface area contributed by atoms with E-state index in [9.17, 15) is 18.0 Å². The minimum absolute atomic E-state index is 0.0179. The van der Waals surface area contributed by atoms with Crippen molar-refractivity contribution >= 4 is 21.8 Å². The monoisotopic (exact) mass is 445 g/mol. The van der Waals surface area contributed by atoms with Crippen molar-refractivity contribution < 1.29 is 27.5 Å². The molecule has 3 rings (SSSR count). The van der Waals surface area contributed by atoms with E-state index in [-0.39, 0.29) is 23.5 Å². The highest BCUT2D eigenvalue weighted by Crippen LogP contribution is 2.43. The number of sulfonamides is 1. The molecular formula is C23H27NO6S. The number of ether oxygens (including phenoxy) is 2. The summed E-state index contributed by atoms with van der Waals surface area (Å²) in [4.78, 5) is 25.5. The van der Waals surface area contributed by atoms with Crippen molar-refractivity contribution in [2.75, 3.05) is 14.2 Å². The molecule has 31 heavy (non-hydrogen) atoms. The normalized spacial score (nSPS) is 19.8. The highest BCUT2D eigenvalue weighted by molar-refractivity contribution is 7.89. The zero-order valence-corrected chi connectivity index (χ0v) is 18.7. The SMILES string of the molecule is COC(=O)[C@]1(C[C@@H](NS(=O)(=O)c2ccc(C)cc2)c2ccc(OC)cc2)CCCC1=O. The lowest BCUT2D eigenvalue weighted by molar-refractivity contribution is -0.157. The van der Waals surface area contributed by atoms with Gasteiger partial charge in [-0.15, -0.1) is 0 Å². The van der Waals surface area contributed by atoms with Crippen LogP contribution < -0.4 is 9.46 Å². The molecule has 1 N–H and O–H groups in total. The predicted octanol–water partition coefficient (Wildman–Crippen LogP) is 3.33. The number of hydrogen-bond donors (Lipinski definition) is 1. The van der Waals surface area contributed by atoms with Gasteiger partial charge in [0.05, 0.1) is 19.1 Å². The Morgan fingerprint density at radius 3 is 2.26 bits per heavy atom. The average molecular weight is 446 g/mol. The molecule has 8 heteroatoms. The van der Waals surface area contributed by atoms with Gasteiger partial charge in [-0.2, -0.15) is 0 Å². The summed E-state index contributed by atoms with van der Waals surface area (Å²) < 4.78 is 39.1. The number of aryl methyl sites for hydroxylation is 1. The summed E-state index contributed by atoms with van der Waals surface area (Å²) in [5.74, 6) is -0.223. The van der Waals surface area contributed by atoms with Gasteiger partial charge in [-0.25, -0.2) is 13.1 Å². The maximum atomic E-state index is 13.1. The zero-order valence-electron chi connectivity index (χ0n) is 17.9. The van der Waals surface area contributed by atoms with Crippen LogP contribution in [0.4, 0.5) is 0 Å². The number of carbonyl (C=O) groups is 2. The topological polar surface area (TPSA) is 98.8 Å². The van der Waals surface area contributed by atoms with E-state index in [4.69, 9.17) is 9.47 Å². The fourth-order valence-electron chi connectivity index (χ4n) is 4.02. The molecule has 0 saturated heterocycles. The Hall–Kier alpha value is -2.71. The third kappa shape index (κ3) is 4.80. The molecule has 0 amide bonds. The summed E-state index contributed by atoms with van der Waals surface area (Å²) in [5, 5.41) is 0. The summed E-state index contributed by atoms with van der Waals surface area (Å²) in [6.45, 7) is 1.87. The second-order valence-electron chi connectivity index (χ2n) is 7.81. The Balaban J connectivity index is 2.01. The molecule has 0 spiro atoms. The minimum Gasteiger partial charge on any atom is -0.497 e. The van der Waals surface area contributed by atoms with Crippen molar-refractivity contribution in [2.45, 2.75) is 43.5 Å². The van der Waals surface area contributed by atoms with Crippen molar-refractivity contribution in [3.05, 3.63) is 59.7 Å². The van der Waals surface area contributed by atoms with Crippen LogP contribution in [-0.4, -0.2) is 34.4 Å². The molecule has 2 aromatic carbocycles. The molecule has 0 radical (unpaired) electrons. The van der Waals surface area contributed by atoms with Crippen LogP contribution in [0.15, 0.2) is 53.4 Å². The maximum absolute atomic E-state index is 13.1. The molecule has 2 atom stereocenters. The van der Waals surface area contributed by atoms with Crippen molar-refractivity contribution in [3.8, 4) is 5.75 Å². The van der Waals surface area contributed by atoms with Gasteiger partial charge in [-0.1, -0.05) is 29.8 Å². The lowest BCUT2D eigenvalue weighted by atomic mass is 9.78. The highest BCUT2D eigenvalue weighted by Gasteiger charge is 2.51. The van der Waals surface area contributed by atoms with E-state index in [0.717, 1.165) is 5.56 Å². The maximum Gasteiger partial charge on any atom is 0.319 e. The van der Waals surface area contributed by atoms with Crippen LogP contribution in [0.25, 0.3) is 0 Å². The van der Waals surface area contributed by atoms with Crippen LogP contribution in [0.3, 0.4) is 0 Å². The van der Waals surface area contributed by atoms with Crippen molar-refractivity contribution in [2.24, 2.45) is 5.41 Å². The van der Waals surface area contributed by atoms with Crippen molar-refractivity contribution in [3.63, 3.8) is 0 Å². The van der Waals surface area contributed by atoms with Gasteiger partial charge in [0, 0.05) is 12.5 Å². The van der Waals surface area contributed by atoms with Crippen LogP contribution in [0.2, 0.25) is 0 Å². The number of esters is 1. The molecule has 2 aromatic rings. The fraction of sp³-hybridized carbons (Fsp3) is 0.391. The van der Waals surface area contributed by atoms with Gasteiger partial charge in [0.25, 0.3) is 0 Å². The highest BCUT2D eigenvalue weighted by atomic mass is 32.2. The van der Waals surface area contributed by atoms with Crippen LogP contribution in [0, 0.1) is 12.3 Å². The Kier molecular flexibility index (Phi) is 6.81. The zero-order chi connectivity index (χ0) is 22.6. The van der Waals surface area contributed by atoms with Gasteiger partial charge in [0.15, 0.2) is 0 Å². The molecule has 0 bridgehead atoms. The number of Topliss-reactive ketones (excluding diaryl/α,β-unsaturated/α-hetero) is 1. The Bertz CT molecular complexity index is 1050. The summed E-state index contributed by atoms with van der Waals surface area (Å²) in [6, 6.07) is 12.6. The Labute approximate surface area is 182 Å². The fourth-order valence-corrected chi connectivity index (χ4v) is 5.25. The second-order valence-corrected chi connectivity index (χ2v) is 9.53. The molecule has 0 aromatic heterocycles. The van der Waals surface area contributed by atoms with E-state index in [2.05, 4.69) is 4.72 Å². The number of methoxy groups -OCH3 is 2. The molecule has 1 aliphatic rings. The van der Waals surface area contributed by atoms with Gasteiger partial charge in [-0.05, 0) is 56.0 Å². The quantitative estimate of drug-likeness (QED) is 0.494. The molecule has 0 heterocycles. The molecular weight excluding hydrogens is 418 g/mol. The summed E-state index contributed by atoms with van der Waals surface area (Å²) in [6.07, 6.45) is 1.15. The molecule has 7 nitrogen and oxygen atoms in total. The lowest BCUT2D eigenvalue weighted by Gasteiger charge is -2.30. The van der Waals surface area contributed by atoms with E-state index in [1.807, 2.05) is 6.92 Å². The summed E-state index contributed by atoms with van der Waals surface area (Å²) in [7, 11) is -1.12. The second kappa shape index (κ2) is 9.20. The van der Waals surface area contributed by atoms with Gasteiger partial charge in [0.1, 0.15) is 16.9 Å².